The van der Waals surface area contributed by atoms with Crippen molar-refractivity contribution in [2.24, 2.45) is 0 Å². The number of aromatic nitrogens is 1. The summed E-state index contributed by atoms with van der Waals surface area (Å²) in [5, 5.41) is 10.1. The van der Waals surface area contributed by atoms with Crippen LogP contribution in [0.3, 0.4) is 0 Å². The number of nitrogens with zero attached hydrogens (tertiary/aromatic N) is 1. The molecule has 0 radical (unpaired) electrons. The summed E-state index contributed by atoms with van der Waals surface area (Å²) in [6, 6.07) is 63.7. The molecule has 1 aliphatic heterocycles. The first-order valence-electron chi connectivity index (χ1n) is 17.2. The van der Waals surface area contributed by atoms with Crippen molar-refractivity contribution in [2.75, 3.05) is 0 Å². The molecule has 50 heavy (non-hydrogen) atoms. The van der Waals surface area contributed by atoms with Gasteiger partial charge in [0.1, 0.15) is 11.5 Å². The van der Waals surface area contributed by atoms with Crippen LogP contribution in [0.2, 0.25) is 0 Å². The maximum atomic E-state index is 6.37. The molecule has 0 N–H and O–H groups in total. The van der Waals surface area contributed by atoms with Gasteiger partial charge in [0, 0.05) is 27.4 Å². The fraction of sp³-hybridized carbons (Fsp3) is 0. The molecule has 0 aliphatic carbocycles. The first kappa shape index (κ1) is 27.3. The Bertz CT molecular complexity index is 2910. The minimum atomic E-state index is 0.910. The van der Waals surface area contributed by atoms with Crippen LogP contribution >= 0.6 is 0 Å². The number of benzene rings is 9. The summed E-state index contributed by atoms with van der Waals surface area (Å²) in [6.45, 7) is 0. The van der Waals surface area contributed by atoms with Gasteiger partial charge in [-0.2, -0.15) is 0 Å². The van der Waals surface area contributed by atoms with E-state index in [0.29, 0.717) is 0 Å². The van der Waals surface area contributed by atoms with Gasteiger partial charge in [-0.3, -0.25) is 0 Å². The first-order valence-corrected chi connectivity index (χ1v) is 17.2. The summed E-state index contributed by atoms with van der Waals surface area (Å²) in [5.41, 5.74) is 10.7. The van der Waals surface area contributed by atoms with Crippen LogP contribution in [0.1, 0.15) is 0 Å². The molecule has 0 unspecified atom stereocenters. The molecule has 10 aromatic rings. The molecule has 0 amide bonds. The Balaban J connectivity index is 1.04. The highest BCUT2D eigenvalue weighted by atomic mass is 16.5. The van der Waals surface area contributed by atoms with Gasteiger partial charge in [-0.25, -0.2) is 0 Å². The first-order chi connectivity index (χ1) is 24.8. The molecule has 0 atom stereocenters. The minimum Gasteiger partial charge on any atom is -0.456 e. The molecule has 0 bridgehead atoms. The molecule has 2 nitrogen and oxygen atoms in total. The summed E-state index contributed by atoms with van der Waals surface area (Å²) in [5.74, 6) is 1.82. The van der Waals surface area contributed by atoms with Gasteiger partial charge in [0.05, 0.1) is 11.0 Å². The van der Waals surface area contributed by atoms with Crippen molar-refractivity contribution in [2.45, 2.75) is 0 Å². The zero-order chi connectivity index (χ0) is 32.8. The summed E-state index contributed by atoms with van der Waals surface area (Å²) in [7, 11) is 0. The lowest BCUT2D eigenvalue weighted by Crippen LogP contribution is -1.97. The van der Waals surface area contributed by atoms with Gasteiger partial charge in [-0.05, 0) is 97.2 Å². The number of para-hydroxylation sites is 1. The third-order valence-corrected chi connectivity index (χ3v) is 10.6. The zero-order valence-electron chi connectivity index (χ0n) is 27.1. The lowest BCUT2D eigenvalue weighted by molar-refractivity contribution is 0.487. The molecule has 0 saturated heterocycles. The van der Waals surface area contributed by atoms with Gasteiger partial charge in [0.15, 0.2) is 0 Å². The highest BCUT2D eigenvalue weighted by Crippen LogP contribution is 2.48. The van der Waals surface area contributed by atoms with Crippen LogP contribution in [0.5, 0.6) is 11.5 Å². The van der Waals surface area contributed by atoms with Crippen LogP contribution in [0.25, 0.3) is 93.2 Å². The Hall–Kier alpha value is -6.64. The van der Waals surface area contributed by atoms with E-state index in [1.165, 1.54) is 81.9 Å². The van der Waals surface area contributed by atoms with Crippen LogP contribution in [0, 0.1) is 0 Å². The van der Waals surface area contributed by atoms with Gasteiger partial charge in [0.2, 0.25) is 0 Å². The van der Waals surface area contributed by atoms with Crippen molar-refractivity contribution in [1.29, 1.82) is 0 Å². The Morgan fingerprint density at radius 3 is 1.72 bits per heavy atom. The average Bonchev–Trinajstić information content (AvgIpc) is 3.54. The molecule has 9 aromatic carbocycles. The standard InChI is InChI=1S/C48H29NO/c1-3-13-37-31(9-1)21-26-42-47(37)48-38-14-4-2-10-32(38)22-27-43(48)49(42)35-23-19-30(20-24-35)33-11-7-12-34(29-33)36-25-28-45-46-40(36)16-8-17-41(46)39-15-5-6-18-44(39)50-45/h1-29H. The molecular formula is C48H29NO. The number of rotatable bonds is 3. The lowest BCUT2D eigenvalue weighted by Gasteiger charge is -2.22. The molecule has 1 aliphatic rings. The van der Waals surface area contributed by atoms with Crippen LogP contribution < -0.4 is 4.74 Å². The molecule has 0 saturated carbocycles. The van der Waals surface area contributed by atoms with Gasteiger partial charge in [0.25, 0.3) is 0 Å². The van der Waals surface area contributed by atoms with Crippen LogP contribution in [-0.4, -0.2) is 4.57 Å². The van der Waals surface area contributed by atoms with E-state index >= 15 is 0 Å². The summed E-state index contributed by atoms with van der Waals surface area (Å²) in [6.07, 6.45) is 0. The molecule has 232 valence electrons. The highest BCUT2D eigenvalue weighted by molar-refractivity contribution is 6.28. The van der Waals surface area contributed by atoms with E-state index in [4.69, 9.17) is 4.74 Å². The Kier molecular flexibility index (Phi) is 5.70. The third-order valence-electron chi connectivity index (χ3n) is 10.6. The fourth-order valence-electron chi connectivity index (χ4n) is 8.33. The van der Waals surface area contributed by atoms with Crippen LogP contribution in [0.15, 0.2) is 176 Å². The third kappa shape index (κ3) is 3.90. The van der Waals surface area contributed by atoms with Crippen molar-refractivity contribution >= 4 is 54.1 Å². The van der Waals surface area contributed by atoms with E-state index in [-0.39, 0.29) is 0 Å². The number of ether oxygens (including phenoxy) is 1. The second-order valence-electron chi connectivity index (χ2n) is 13.3. The molecule has 0 fully saturated rings. The number of fused-ring (bicyclic) bond motifs is 9. The second kappa shape index (κ2) is 10.4. The largest absolute Gasteiger partial charge is 0.456 e. The van der Waals surface area contributed by atoms with Crippen molar-refractivity contribution in [3.8, 4) is 50.6 Å². The Morgan fingerprint density at radius 2 is 0.960 bits per heavy atom. The SMILES string of the molecule is c1cc(-c2ccc(-n3c4ccc5ccccc5c4c4c5ccccc5ccc43)cc2)cc(-c2ccc3c4c(cccc24)-c2ccccc2O3)c1. The second-order valence-corrected chi connectivity index (χ2v) is 13.3. The normalized spacial score (nSPS) is 12.2. The van der Waals surface area contributed by atoms with E-state index in [0.717, 1.165) is 22.7 Å². The van der Waals surface area contributed by atoms with E-state index in [2.05, 4.69) is 168 Å². The molecule has 1 aromatic heterocycles. The predicted molar refractivity (Wildman–Crippen MR) is 210 cm³/mol. The molecular weight excluding hydrogens is 607 g/mol. The predicted octanol–water partition coefficient (Wildman–Crippen LogP) is 13.3. The smallest absolute Gasteiger partial charge is 0.135 e. The zero-order valence-corrected chi connectivity index (χ0v) is 27.1. The number of hydrogen-bond donors (Lipinski definition) is 0. The van der Waals surface area contributed by atoms with Gasteiger partial charge in [-0.1, -0.05) is 133 Å². The maximum absolute atomic E-state index is 6.37. The molecule has 2 heteroatoms. The van der Waals surface area contributed by atoms with Crippen molar-refractivity contribution < 1.29 is 4.74 Å². The minimum absolute atomic E-state index is 0.910. The molecule has 11 rings (SSSR count). The molecule has 0 spiro atoms. The van der Waals surface area contributed by atoms with Gasteiger partial charge in [-0.15, -0.1) is 0 Å². The maximum Gasteiger partial charge on any atom is 0.135 e. The average molecular weight is 636 g/mol. The van der Waals surface area contributed by atoms with Gasteiger partial charge >= 0.3 is 0 Å². The van der Waals surface area contributed by atoms with E-state index in [9.17, 15) is 0 Å². The van der Waals surface area contributed by atoms with E-state index in [1.807, 2.05) is 12.1 Å². The molecule has 2 heterocycles. The fourth-order valence-corrected chi connectivity index (χ4v) is 8.33. The van der Waals surface area contributed by atoms with Crippen molar-refractivity contribution in [3.63, 3.8) is 0 Å². The van der Waals surface area contributed by atoms with Crippen molar-refractivity contribution in [1.82, 2.24) is 4.57 Å². The van der Waals surface area contributed by atoms with Crippen LogP contribution in [-0.2, 0) is 0 Å². The Morgan fingerprint density at radius 1 is 0.340 bits per heavy atom. The summed E-state index contributed by atoms with van der Waals surface area (Å²) < 4.78 is 8.80. The lowest BCUT2D eigenvalue weighted by atomic mass is 9.90. The van der Waals surface area contributed by atoms with Crippen molar-refractivity contribution in [3.05, 3.63) is 176 Å². The Labute approximate surface area is 289 Å². The monoisotopic (exact) mass is 635 g/mol. The van der Waals surface area contributed by atoms with Crippen LogP contribution in [0.4, 0.5) is 0 Å². The topological polar surface area (TPSA) is 14.2 Å². The van der Waals surface area contributed by atoms with E-state index < -0.39 is 0 Å². The highest BCUT2D eigenvalue weighted by Gasteiger charge is 2.21. The van der Waals surface area contributed by atoms with Gasteiger partial charge < -0.3 is 9.30 Å². The number of hydrogen-bond acceptors (Lipinski definition) is 1. The van der Waals surface area contributed by atoms with E-state index in [1.54, 1.807) is 0 Å². The summed E-state index contributed by atoms with van der Waals surface area (Å²) >= 11 is 0. The summed E-state index contributed by atoms with van der Waals surface area (Å²) in [4.78, 5) is 0. The quantitative estimate of drug-likeness (QED) is 0.188.